The summed E-state index contributed by atoms with van der Waals surface area (Å²) in [7, 11) is 0. The molecule has 5 heteroatoms. The van der Waals surface area contributed by atoms with Gasteiger partial charge in [-0.15, -0.1) is 11.3 Å². The fourth-order valence-corrected chi connectivity index (χ4v) is 2.34. The van der Waals surface area contributed by atoms with Crippen LogP contribution in [-0.2, 0) is 0 Å². The van der Waals surface area contributed by atoms with Crippen molar-refractivity contribution in [3.05, 3.63) is 40.6 Å². The Morgan fingerprint density at radius 2 is 2.56 bits per heavy atom. The first-order chi connectivity index (χ1) is 7.81. The Hall–Kier alpha value is -1.62. The summed E-state index contributed by atoms with van der Waals surface area (Å²) in [5.74, 6) is 0.195. The number of hydrogen-bond acceptors (Lipinski definition) is 3. The number of H-pyrrole nitrogens is 1. The van der Waals surface area contributed by atoms with E-state index in [9.17, 15) is 4.79 Å². The van der Waals surface area contributed by atoms with Gasteiger partial charge < -0.3 is 10.3 Å². The Kier molecular flexibility index (Phi) is 3.36. The Morgan fingerprint density at radius 1 is 1.69 bits per heavy atom. The van der Waals surface area contributed by atoms with Crippen LogP contribution in [-0.4, -0.2) is 15.9 Å². The average Bonchev–Trinajstić information content (AvgIpc) is 2.96. The highest BCUT2D eigenvalue weighted by Gasteiger charge is 2.15. The first-order valence-corrected chi connectivity index (χ1v) is 6.03. The van der Waals surface area contributed by atoms with E-state index >= 15 is 0 Å². The fraction of sp³-hybridized carbons (Fsp3) is 0.273. The van der Waals surface area contributed by atoms with Crippen molar-refractivity contribution >= 4 is 17.2 Å². The van der Waals surface area contributed by atoms with Gasteiger partial charge in [-0.05, 0) is 17.9 Å². The molecule has 2 N–H and O–H groups in total. The molecule has 0 aliphatic carbocycles. The molecule has 4 nitrogen and oxygen atoms in total. The van der Waals surface area contributed by atoms with Gasteiger partial charge in [0.25, 0.3) is 5.91 Å². The predicted molar refractivity (Wildman–Crippen MR) is 63.4 cm³/mol. The van der Waals surface area contributed by atoms with Crippen molar-refractivity contribution in [1.29, 1.82) is 0 Å². The second kappa shape index (κ2) is 4.94. The molecule has 16 heavy (non-hydrogen) atoms. The van der Waals surface area contributed by atoms with Gasteiger partial charge in [-0.2, -0.15) is 0 Å². The summed E-state index contributed by atoms with van der Waals surface area (Å²) in [5.41, 5.74) is 0. The van der Waals surface area contributed by atoms with E-state index in [1.54, 1.807) is 23.7 Å². The van der Waals surface area contributed by atoms with E-state index in [0.29, 0.717) is 5.82 Å². The van der Waals surface area contributed by atoms with E-state index in [-0.39, 0.29) is 11.9 Å². The van der Waals surface area contributed by atoms with Crippen LogP contribution < -0.4 is 5.32 Å². The van der Waals surface area contributed by atoms with Crippen molar-refractivity contribution in [2.45, 2.75) is 19.4 Å². The summed E-state index contributed by atoms with van der Waals surface area (Å²) in [6.45, 7) is 2.05. The minimum absolute atomic E-state index is 0.0672. The second-order valence-corrected chi connectivity index (χ2v) is 4.37. The number of nitrogens with one attached hydrogen (secondary N) is 2. The van der Waals surface area contributed by atoms with Crippen molar-refractivity contribution in [2.24, 2.45) is 0 Å². The Labute approximate surface area is 97.7 Å². The van der Waals surface area contributed by atoms with Crippen LogP contribution in [0.4, 0.5) is 0 Å². The number of carbonyl (C=O) groups is 1. The Bertz CT molecular complexity index is 436. The van der Waals surface area contributed by atoms with E-state index < -0.39 is 0 Å². The van der Waals surface area contributed by atoms with E-state index in [1.807, 2.05) is 24.4 Å². The van der Waals surface area contributed by atoms with E-state index in [2.05, 4.69) is 15.3 Å². The maximum absolute atomic E-state index is 11.8. The molecule has 84 valence electrons. The zero-order valence-corrected chi connectivity index (χ0v) is 9.75. The minimum Gasteiger partial charge on any atom is -0.342 e. The normalized spacial score (nSPS) is 12.3. The van der Waals surface area contributed by atoms with Crippen molar-refractivity contribution < 1.29 is 4.79 Å². The lowest BCUT2D eigenvalue weighted by Crippen LogP contribution is -2.28. The van der Waals surface area contributed by atoms with Gasteiger partial charge in [0.15, 0.2) is 5.82 Å². The number of aromatic nitrogens is 2. The first kappa shape index (κ1) is 10.9. The topological polar surface area (TPSA) is 57.8 Å². The van der Waals surface area contributed by atoms with Gasteiger partial charge >= 0.3 is 0 Å². The highest BCUT2D eigenvalue weighted by Crippen LogP contribution is 2.21. The van der Waals surface area contributed by atoms with Gasteiger partial charge in [-0.3, -0.25) is 4.79 Å². The summed E-state index contributed by atoms with van der Waals surface area (Å²) in [5, 5.41) is 4.96. The zero-order chi connectivity index (χ0) is 11.4. The first-order valence-electron chi connectivity index (χ1n) is 5.15. The lowest BCUT2D eigenvalue weighted by atomic mass is 10.2. The van der Waals surface area contributed by atoms with Crippen LogP contribution in [0.1, 0.15) is 34.9 Å². The summed E-state index contributed by atoms with van der Waals surface area (Å²) in [6, 6.07) is 4.08. The molecular formula is C11H13N3OS. The number of aromatic amines is 1. The molecule has 0 bridgehead atoms. The zero-order valence-electron chi connectivity index (χ0n) is 8.93. The number of imidazole rings is 1. The van der Waals surface area contributed by atoms with Gasteiger partial charge in [0, 0.05) is 17.3 Å². The van der Waals surface area contributed by atoms with Gasteiger partial charge in [-0.1, -0.05) is 13.0 Å². The third-order valence-corrected chi connectivity index (χ3v) is 3.30. The predicted octanol–water partition coefficient (Wildman–Crippen LogP) is 2.35. The molecule has 0 fully saturated rings. The van der Waals surface area contributed by atoms with Crippen molar-refractivity contribution in [3.63, 3.8) is 0 Å². The van der Waals surface area contributed by atoms with Crippen LogP contribution >= 0.6 is 11.3 Å². The number of rotatable bonds is 4. The van der Waals surface area contributed by atoms with Crippen LogP contribution in [0.15, 0.2) is 29.9 Å². The Balaban J connectivity index is 2.05. The van der Waals surface area contributed by atoms with Crippen LogP contribution in [0.2, 0.25) is 0 Å². The van der Waals surface area contributed by atoms with Crippen LogP contribution in [0, 0.1) is 0 Å². The molecule has 0 spiro atoms. The standard InChI is InChI=1S/C11H13N3OS/c1-2-8(9-4-3-7-16-9)14-11(15)10-12-5-6-13-10/h3-8H,2H2,1H3,(H,12,13)(H,14,15). The molecule has 2 aromatic rings. The monoisotopic (exact) mass is 235 g/mol. The molecule has 1 unspecified atom stereocenters. The second-order valence-electron chi connectivity index (χ2n) is 3.39. The minimum atomic E-state index is -0.162. The number of amides is 1. The molecule has 2 aromatic heterocycles. The molecule has 0 aromatic carbocycles. The molecule has 2 heterocycles. The number of thiophene rings is 1. The van der Waals surface area contributed by atoms with Crippen molar-refractivity contribution in [1.82, 2.24) is 15.3 Å². The largest absolute Gasteiger partial charge is 0.342 e. The van der Waals surface area contributed by atoms with Crippen molar-refractivity contribution in [2.75, 3.05) is 0 Å². The molecule has 0 saturated heterocycles. The lowest BCUT2D eigenvalue weighted by molar-refractivity contribution is 0.0926. The van der Waals surface area contributed by atoms with Crippen LogP contribution in [0.3, 0.4) is 0 Å². The molecule has 2 rings (SSSR count). The SMILES string of the molecule is CCC(NC(=O)c1ncc[nH]1)c1cccs1. The summed E-state index contributed by atoms with van der Waals surface area (Å²) in [6.07, 6.45) is 4.08. The van der Waals surface area contributed by atoms with Gasteiger partial charge in [-0.25, -0.2) is 4.98 Å². The average molecular weight is 235 g/mol. The highest BCUT2D eigenvalue weighted by atomic mass is 32.1. The summed E-state index contributed by atoms with van der Waals surface area (Å²) in [4.78, 5) is 19.7. The number of nitrogens with zero attached hydrogens (tertiary/aromatic N) is 1. The van der Waals surface area contributed by atoms with Crippen molar-refractivity contribution in [3.8, 4) is 0 Å². The maximum Gasteiger partial charge on any atom is 0.287 e. The smallest absolute Gasteiger partial charge is 0.287 e. The molecule has 0 aliphatic rings. The third-order valence-electron chi connectivity index (χ3n) is 2.31. The number of carbonyl (C=O) groups excluding carboxylic acids is 1. The van der Waals surface area contributed by atoms with Gasteiger partial charge in [0.05, 0.1) is 6.04 Å². The van der Waals surface area contributed by atoms with E-state index in [4.69, 9.17) is 0 Å². The third kappa shape index (κ3) is 2.30. The Morgan fingerprint density at radius 3 is 3.12 bits per heavy atom. The molecule has 0 radical (unpaired) electrons. The molecule has 0 saturated carbocycles. The lowest BCUT2D eigenvalue weighted by Gasteiger charge is -2.14. The maximum atomic E-state index is 11.8. The van der Waals surface area contributed by atoms with E-state index in [0.717, 1.165) is 6.42 Å². The quantitative estimate of drug-likeness (QED) is 0.854. The molecule has 1 amide bonds. The van der Waals surface area contributed by atoms with Gasteiger partial charge in [0.1, 0.15) is 0 Å². The van der Waals surface area contributed by atoms with E-state index in [1.165, 1.54) is 4.88 Å². The number of hydrogen-bond donors (Lipinski definition) is 2. The van der Waals surface area contributed by atoms with Gasteiger partial charge in [0.2, 0.25) is 0 Å². The molecular weight excluding hydrogens is 222 g/mol. The molecule has 0 aliphatic heterocycles. The fourth-order valence-electron chi connectivity index (χ4n) is 1.48. The summed E-state index contributed by atoms with van der Waals surface area (Å²) < 4.78 is 0. The highest BCUT2D eigenvalue weighted by molar-refractivity contribution is 7.10. The van der Waals surface area contributed by atoms with Crippen LogP contribution in [0.25, 0.3) is 0 Å². The summed E-state index contributed by atoms with van der Waals surface area (Å²) >= 11 is 1.65. The van der Waals surface area contributed by atoms with Crippen LogP contribution in [0.5, 0.6) is 0 Å². The molecule has 1 atom stereocenters.